The molecule has 1 atom stereocenters. The van der Waals surface area contributed by atoms with E-state index in [1.54, 1.807) is 18.4 Å². The van der Waals surface area contributed by atoms with E-state index in [4.69, 9.17) is 10.8 Å². The number of nitrogens with zero attached hydrogens (tertiary/aromatic N) is 2. The highest BCUT2D eigenvalue weighted by Gasteiger charge is 2.19. The topological polar surface area (TPSA) is 115 Å². The minimum absolute atomic E-state index is 0.0148. The molecule has 0 spiro atoms. The van der Waals surface area contributed by atoms with Gasteiger partial charge in [-0.05, 0) is 18.4 Å². The van der Waals surface area contributed by atoms with Crippen LogP contribution in [-0.2, 0) is 9.59 Å². The largest absolute Gasteiger partial charge is 0.481 e. The summed E-state index contributed by atoms with van der Waals surface area (Å²) in [5.41, 5.74) is 5.42. The molecule has 21 heavy (non-hydrogen) atoms. The summed E-state index contributed by atoms with van der Waals surface area (Å²) in [7, 11) is 0. The number of nitrogens with two attached hydrogens (primary N) is 1. The first kappa shape index (κ1) is 15.5. The number of hydrogen-bond donors (Lipinski definition) is 2. The third-order valence-electron chi connectivity index (χ3n) is 2.74. The molecule has 3 N–H and O–H groups in total. The summed E-state index contributed by atoms with van der Waals surface area (Å²) >= 11 is 2.21. The highest BCUT2D eigenvalue weighted by atomic mass is 32.2. The van der Waals surface area contributed by atoms with E-state index in [1.807, 2.05) is 0 Å². The summed E-state index contributed by atoms with van der Waals surface area (Å²) < 4.78 is 1.82. The molecule has 0 bridgehead atoms. The zero-order valence-electron chi connectivity index (χ0n) is 11.1. The van der Waals surface area contributed by atoms with Crippen LogP contribution in [0.5, 0.6) is 0 Å². The van der Waals surface area contributed by atoms with E-state index in [2.05, 4.69) is 4.98 Å². The molecule has 0 aromatic carbocycles. The van der Waals surface area contributed by atoms with Crippen LogP contribution in [0.4, 0.5) is 0 Å². The number of hydrogen-bond acceptors (Lipinski definition) is 6. The van der Waals surface area contributed by atoms with Gasteiger partial charge in [-0.25, -0.2) is 4.98 Å². The molecule has 2 aromatic rings. The molecule has 112 valence electrons. The maximum absolute atomic E-state index is 12.5. The van der Waals surface area contributed by atoms with Gasteiger partial charge in [-0.15, -0.1) is 11.3 Å². The van der Waals surface area contributed by atoms with Gasteiger partial charge in [0, 0.05) is 12.5 Å². The van der Waals surface area contributed by atoms with Crippen molar-refractivity contribution in [2.45, 2.75) is 24.5 Å². The van der Waals surface area contributed by atoms with Crippen LogP contribution >= 0.6 is 23.1 Å². The van der Waals surface area contributed by atoms with Gasteiger partial charge in [0.15, 0.2) is 5.16 Å². The molecule has 0 saturated heterocycles. The van der Waals surface area contributed by atoms with Crippen molar-refractivity contribution < 1.29 is 14.7 Å². The van der Waals surface area contributed by atoms with Crippen molar-refractivity contribution in [3.05, 3.63) is 21.8 Å². The fourth-order valence-corrected chi connectivity index (χ4v) is 3.49. The smallest absolute Gasteiger partial charge is 0.313 e. The fraction of sp³-hybridized carbons (Fsp3) is 0.333. The van der Waals surface area contributed by atoms with Crippen molar-refractivity contribution in [3.63, 3.8) is 0 Å². The number of thiophene rings is 1. The molecule has 0 radical (unpaired) electrons. The predicted octanol–water partition coefficient (Wildman–Crippen LogP) is 1.07. The molecule has 1 unspecified atom stereocenters. The van der Waals surface area contributed by atoms with Crippen molar-refractivity contribution in [3.8, 4) is 0 Å². The number of fused-ring (bicyclic) bond motifs is 1. The van der Waals surface area contributed by atoms with Crippen LogP contribution in [0.2, 0.25) is 0 Å². The number of carbonyl (C=O) groups excluding carboxylic acids is 1. The number of aliphatic carboxylic acids is 1. The summed E-state index contributed by atoms with van der Waals surface area (Å²) in [6.45, 7) is 1.68. The Morgan fingerprint density at radius 3 is 2.90 bits per heavy atom. The highest BCUT2D eigenvalue weighted by molar-refractivity contribution is 7.99. The van der Waals surface area contributed by atoms with Gasteiger partial charge in [0.2, 0.25) is 5.91 Å². The molecule has 7 nitrogen and oxygen atoms in total. The molecule has 0 saturated carbocycles. The van der Waals surface area contributed by atoms with Crippen LogP contribution in [0.15, 0.2) is 21.4 Å². The minimum Gasteiger partial charge on any atom is -0.481 e. The van der Waals surface area contributed by atoms with E-state index < -0.39 is 17.9 Å². The highest BCUT2D eigenvalue weighted by Crippen LogP contribution is 2.24. The van der Waals surface area contributed by atoms with Gasteiger partial charge in [0.25, 0.3) is 5.56 Å². The van der Waals surface area contributed by atoms with E-state index in [1.165, 1.54) is 15.9 Å². The van der Waals surface area contributed by atoms with E-state index in [0.717, 1.165) is 11.8 Å². The van der Waals surface area contributed by atoms with Crippen molar-refractivity contribution >= 4 is 45.2 Å². The second-order valence-electron chi connectivity index (χ2n) is 4.41. The molecule has 0 aliphatic carbocycles. The number of primary amides is 1. The molecule has 9 heteroatoms. The normalized spacial score (nSPS) is 12.4. The van der Waals surface area contributed by atoms with Crippen LogP contribution < -0.4 is 11.3 Å². The minimum atomic E-state index is -1.01. The lowest BCUT2D eigenvalue weighted by Gasteiger charge is -2.17. The van der Waals surface area contributed by atoms with Gasteiger partial charge in [-0.3, -0.25) is 19.0 Å². The second kappa shape index (κ2) is 6.27. The van der Waals surface area contributed by atoms with Crippen molar-refractivity contribution in [1.82, 2.24) is 9.55 Å². The van der Waals surface area contributed by atoms with E-state index in [-0.39, 0.29) is 22.9 Å². The number of amides is 1. The lowest BCUT2D eigenvalue weighted by Crippen LogP contribution is -2.28. The summed E-state index contributed by atoms with van der Waals surface area (Å²) in [5.74, 6) is -1.76. The summed E-state index contributed by atoms with van der Waals surface area (Å²) in [6.07, 6.45) is -0.0148. The predicted molar refractivity (Wildman–Crippen MR) is 80.8 cm³/mol. The molecular weight excluding hydrogens is 314 g/mol. The Labute approximate surface area is 127 Å². The number of carboxylic acids is 1. The Hall–Kier alpha value is -1.87. The van der Waals surface area contributed by atoms with Crippen molar-refractivity contribution in [2.75, 3.05) is 5.75 Å². The second-order valence-corrected chi connectivity index (χ2v) is 6.26. The van der Waals surface area contributed by atoms with Gasteiger partial charge >= 0.3 is 5.97 Å². The Morgan fingerprint density at radius 1 is 1.57 bits per heavy atom. The summed E-state index contributed by atoms with van der Waals surface area (Å²) in [6, 6.07) is 1.22. The molecule has 0 aliphatic heterocycles. The fourth-order valence-electron chi connectivity index (χ4n) is 1.90. The van der Waals surface area contributed by atoms with Crippen molar-refractivity contribution in [1.29, 1.82) is 0 Å². The molecular formula is C12H13N3O4S2. The quantitative estimate of drug-likeness (QED) is 0.606. The van der Waals surface area contributed by atoms with Crippen molar-refractivity contribution in [2.24, 2.45) is 5.73 Å². The first-order valence-electron chi connectivity index (χ1n) is 6.02. The van der Waals surface area contributed by atoms with E-state index >= 15 is 0 Å². The number of rotatable bonds is 6. The number of carboxylic acid groups (broad SMARTS) is 1. The molecule has 2 heterocycles. The Morgan fingerprint density at radius 2 is 2.29 bits per heavy atom. The van der Waals surface area contributed by atoms with Crippen LogP contribution in [0, 0.1) is 0 Å². The zero-order chi connectivity index (χ0) is 15.6. The van der Waals surface area contributed by atoms with Gasteiger partial charge in [0.1, 0.15) is 4.70 Å². The van der Waals surface area contributed by atoms with Crippen LogP contribution in [0.25, 0.3) is 10.2 Å². The lowest BCUT2D eigenvalue weighted by molar-refractivity contribution is -0.134. The first-order chi connectivity index (χ1) is 9.90. The Bertz CT molecular complexity index is 753. The van der Waals surface area contributed by atoms with E-state index in [9.17, 15) is 14.4 Å². The zero-order valence-corrected chi connectivity index (χ0v) is 12.7. The summed E-state index contributed by atoms with van der Waals surface area (Å²) in [5, 5.41) is 10.8. The molecule has 0 aliphatic rings. The Kier molecular flexibility index (Phi) is 4.63. The van der Waals surface area contributed by atoms with Crippen LogP contribution in [0.1, 0.15) is 19.4 Å². The molecule has 2 aromatic heterocycles. The van der Waals surface area contributed by atoms with E-state index in [0.29, 0.717) is 10.2 Å². The third-order valence-corrected chi connectivity index (χ3v) is 4.57. The van der Waals surface area contributed by atoms with Crippen LogP contribution in [0.3, 0.4) is 0 Å². The average Bonchev–Trinajstić information content (AvgIpc) is 2.83. The molecule has 1 amide bonds. The van der Waals surface area contributed by atoms with Gasteiger partial charge in [-0.1, -0.05) is 11.8 Å². The first-order valence-corrected chi connectivity index (χ1v) is 7.89. The van der Waals surface area contributed by atoms with Gasteiger partial charge < -0.3 is 10.8 Å². The van der Waals surface area contributed by atoms with Gasteiger partial charge in [-0.2, -0.15) is 0 Å². The molecule has 2 rings (SSSR count). The van der Waals surface area contributed by atoms with Crippen LogP contribution in [-0.4, -0.2) is 32.3 Å². The standard InChI is InChI=1S/C12H13N3O4S2/c1-6(4-8(13)16)15-11(19)10-7(2-3-20-10)14-12(15)21-5-9(17)18/h2-3,6H,4-5H2,1H3,(H2,13,16)(H,17,18). The lowest BCUT2D eigenvalue weighted by atomic mass is 10.2. The molecule has 0 fully saturated rings. The Balaban J connectivity index is 2.54. The van der Waals surface area contributed by atoms with Gasteiger partial charge in [0.05, 0.1) is 11.3 Å². The SMILES string of the molecule is CC(CC(N)=O)n1c(SCC(=O)O)nc2ccsc2c1=O. The maximum Gasteiger partial charge on any atom is 0.313 e. The number of aromatic nitrogens is 2. The monoisotopic (exact) mass is 327 g/mol. The average molecular weight is 327 g/mol. The number of thioether (sulfide) groups is 1. The third kappa shape index (κ3) is 3.42. The summed E-state index contributed by atoms with van der Waals surface area (Å²) in [4.78, 5) is 38.6. The maximum atomic E-state index is 12.5. The number of carbonyl (C=O) groups is 2.